The summed E-state index contributed by atoms with van der Waals surface area (Å²) in [6.45, 7) is 0. The van der Waals surface area contributed by atoms with Gasteiger partial charge in [0, 0.05) is 22.2 Å². The summed E-state index contributed by atoms with van der Waals surface area (Å²) in [5.74, 6) is -0.252. The van der Waals surface area contributed by atoms with Crippen LogP contribution in [0.2, 0.25) is 5.02 Å². The van der Waals surface area contributed by atoms with Crippen LogP contribution >= 0.6 is 11.6 Å². The number of nitrogens with zero attached hydrogens (tertiary/aromatic N) is 6. The molecule has 0 atom stereocenters. The molecule has 0 aliphatic heterocycles. The minimum atomic E-state index is -0.420. The van der Waals surface area contributed by atoms with Crippen LogP contribution in [0.1, 0.15) is 16.1 Å². The number of fused-ring (bicyclic) bond motifs is 2. The SMILES string of the molecule is O=C(c1ccccc1)c1nn(-c2cccc(Cl)c2)c2nc3nc(-c4ccccc4)cc(=O)n3nc12. The third-order valence-electron chi connectivity index (χ3n) is 5.49. The van der Waals surface area contributed by atoms with Crippen LogP contribution in [0.3, 0.4) is 0 Å². The Labute approximate surface area is 203 Å². The zero-order valence-corrected chi connectivity index (χ0v) is 18.8. The van der Waals surface area contributed by atoms with Gasteiger partial charge >= 0.3 is 0 Å². The number of carbonyl (C=O) groups is 1. The highest BCUT2D eigenvalue weighted by atomic mass is 35.5. The van der Waals surface area contributed by atoms with Crippen molar-refractivity contribution < 1.29 is 4.79 Å². The molecule has 0 bridgehead atoms. The predicted octanol–water partition coefficient (Wildman–Crippen LogP) is 4.37. The smallest absolute Gasteiger partial charge is 0.276 e. The lowest BCUT2D eigenvalue weighted by molar-refractivity contribution is 0.103. The van der Waals surface area contributed by atoms with Gasteiger partial charge in [-0.25, -0.2) is 9.67 Å². The molecule has 0 fully saturated rings. The molecule has 3 aromatic carbocycles. The summed E-state index contributed by atoms with van der Waals surface area (Å²) in [6.07, 6.45) is 0. The lowest BCUT2D eigenvalue weighted by Gasteiger charge is -2.05. The molecule has 0 saturated heterocycles. The summed E-state index contributed by atoms with van der Waals surface area (Å²) in [6, 6.07) is 26.5. The van der Waals surface area contributed by atoms with E-state index in [0.29, 0.717) is 22.0 Å². The van der Waals surface area contributed by atoms with Gasteiger partial charge in [0.15, 0.2) is 16.9 Å². The lowest BCUT2D eigenvalue weighted by Crippen LogP contribution is -2.19. The summed E-state index contributed by atoms with van der Waals surface area (Å²) in [5.41, 5.74) is 2.39. The van der Waals surface area contributed by atoms with Crippen molar-refractivity contribution in [2.24, 2.45) is 0 Å². The van der Waals surface area contributed by atoms with E-state index >= 15 is 0 Å². The lowest BCUT2D eigenvalue weighted by atomic mass is 10.1. The number of halogens is 1. The number of rotatable bonds is 4. The monoisotopic (exact) mass is 478 g/mol. The Bertz CT molecular complexity index is 1800. The van der Waals surface area contributed by atoms with Crippen LogP contribution in [0.15, 0.2) is 95.8 Å². The molecule has 0 N–H and O–H groups in total. The Morgan fingerprint density at radius 1 is 0.800 bits per heavy atom. The second-order valence-corrected chi connectivity index (χ2v) is 8.21. The van der Waals surface area contributed by atoms with Gasteiger partial charge in [-0.2, -0.15) is 19.7 Å². The first-order chi connectivity index (χ1) is 17.1. The molecule has 6 rings (SSSR count). The molecular weight excluding hydrogens is 464 g/mol. The van der Waals surface area contributed by atoms with Crippen molar-refractivity contribution >= 4 is 34.3 Å². The Balaban J connectivity index is 1.65. The molecule has 9 heteroatoms. The normalized spacial score (nSPS) is 11.2. The molecule has 6 aromatic rings. The zero-order chi connectivity index (χ0) is 23.9. The minimum Gasteiger partial charge on any atom is -0.287 e. The van der Waals surface area contributed by atoms with Crippen molar-refractivity contribution in [1.82, 2.24) is 29.4 Å². The number of hydrogen-bond donors (Lipinski definition) is 0. The van der Waals surface area contributed by atoms with E-state index in [1.807, 2.05) is 36.4 Å². The average molecular weight is 479 g/mol. The number of carbonyl (C=O) groups excluding carboxylic acids is 1. The van der Waals surface area contributed by atoms with Crippen LogP contribution in [0.5, 0.6) is 0 Å². The minimum absolute atomic E-state index is 0.0691. The van der Waals surface area contributed by atoms with Crippen LogP contribution in [0.4, 0.5) is 0 Å². The van der Waals surface area contributed by atoms with Crippen molar-refractivity contribution in [3.63, 3.8) is 0 Å². The first kappa shape index (κ1) is 20.9. The Kier molecular flexibility index (Phi) is 4.93. The molecule has 168 valence electrons. The summed E-state index contributed by atoms with van der Waals surface area (Å²) in [4.78, 5) is 35.5. The van der Waals surface area contributed by atoms with Crippen LogP contribution in [0.25, 0.3) is 33.9 Å². The molecule has 0 spiro atoms. The van der Waals surface area contributed by atoms with E-state index in [1.54, 1.807) is 48.5 Å². The van der Waals surface area contributed by atoms with Crippen LogP contribution in [-0.2, 0) is 0 Å². The summed E-state index contributed by atoms with van der Waals surface area (Å²) in [5, 5.41) is 9.52. The number of benzene rings is 3. The molecule has 8 nitrogen and oxygen atoms in total. The number of ketones is 1. The Morgan fingerprint density at radius 2 is 1.54 bits per heavy atom. The molecule has 0 aliphatic carbocycles. The van der Waals surface area contributed by atoms with Crippen LogP contribution in [0, 0.1) is 0 Å². The van der Waals surface area contributed by atoms with Crippen LogP contribution < -0.4 is 5.56 Å². The highest BCUT2D eigenvalue weighted by Crippen LogP contribution is 2.24. The first-order valence-corrected chi connectivity index (χ1v) is 11.1. The van der Waals surface area contributed by atoms with Gasteiger partial charge in [0.2, 0.25) is 5.78 Å². The maximum absolute atomic E-state index is 13.4. The van der Waals surface area contributed by atoms with E-state index in [-0.39, 0.29) is 28.4 Å². The van der Waals surface area contributed by atoms with E-state index in [9.17, 15) is 9.59 Å². The van der Waals surface area contributed by atoms with E-state index in [4.69, 9.17) is 11.6 Å². The van der Waals surface area contributed by atoms with Gasteiger partial charge < -0.3 is 0 Å². The third-order valence-corrected chi connectivity index (χ3v) is 5.73. The van der Waals surface area contributed by atoms with Gasteiger partial charge in [0.1, 0.15) is 0 Å². The zero-order valence-electron chi connectivity index (χ0n) is 18.0. The van der Waals surface area contributed by atoms with Crippen molar-refractivity contribution in [3.8, 4) is 16.9 Å². The fourth-order valence-electron chi connectivity index (χ4n) is 3.84. The van der Waals surface area contributed by atoms with Gasteiger partial charge in [-0.15, -0.1) is 0 Å². The largest absolute Gasteiger partial charge is 0.287 e. The molecule has 0 aliphatic rings. The molecule has 0 unspecified atom stereocenters. The topological polar surface area (TPSA) is 95.0 Å². The second-order valence-electron chi connectivity index (χ2n) is 7.78. The molecule has 35 heavy (non-hydrogen) atoms. The van der Waals surface area contributed by atoms with Gasteiger partial charge in [0.05, 0.1) is 11.4 Å². The average Bonchev–Trinajstić information content (AvgIpc) is 3.26. The Hall–Kier alpha value is -4.69. The number of aromatic nitrogens is 6. The van der Waals surface area contributed by atoms with Crippen molar-refractivity contribution in [2.45, 2.75) is 0 Å². The van der Waals surface area contributed by atoms with E-state index in [2.05, 4.69) is 20.2 Å². The molecule has 0 amide bonds. The highest BCUT2D eigenvalue weighted by Gasteiger charge is 2.23. The van der Waals surface area contributed by atoms with Crippen molar-refractivity contribution in [2.75, 3.05) is 0 Å². The maximum Gasteiger partial charge on any atom is 0.276 e. The molecule has 0 radical (unpaired) electrons. The molecule has 3 heterocycles. The highest BCUT2D eigenvalue weighted by molar-refractivity contribution is 6.30. The predicted molar refractivity (Wildman–Crippen MR) is 132 cm³/mol. The third kappa shape index (κ3) is 3.66. The summed E-state index contributed by atoms with van der Waals surface area (Å²) < 4.78 is 2.58. The molecular formula is C26H15ClN6O2. The van der Waals surface area contributed by atoms with E-state index in [1.165, 1.54) is 10.7 Å². The molecule has 0 saturated carbocycles. The van der Waals surface area contributed by atoms with Gasteiger partial charge in [-0.1, -0.05) is 78.3 Å². The van der Waals surface area contributed by atoms with Gasteiger partial charge in [-0.3, -0.25) is 9.59 Å². The first-order valence-electron chi connectivity index (χ1n) is 10.7. The summed E-state index contributed by atoms with van der Waals surface area (Å²) >= 11 is 6.21. The second kappa shape index (κ2) is 8.27. The number of hydrogen-bond acceptors (Lipinski definition) is 6. The quantitative estimate of drug-likeness (QED) is 0.349. The van der Waals surface area contributed by atoms with Gasteiger partial charge in [-0.05, 0) is 18.2 Å². The fourth-order valence-corrected chi connectivity index (χ4v) is 4.03. The fraction of sp³-hybridized carbons (Fsp3) is 0. The summed E-state index contributed by atoms with van der Waals surface area (Å²) in [7, 11) is 0. The molecule has 3 aromatic heterocycles. The van der Waals surface area contributed by atoms with Crippen molar-refractivity contribution in [3.05, 3.63) is 118 Å². The standard InChI is InChI=1S/C26H15ClN6O2/c27-18-12-7-13-19(14-18)32-25-23(22(30-32)24(35)17-10-5-2-6-11-17)31-33-21(34)15-20(28-26(33)29-25)16-8-3-1-4-9-16/h1-15H. The van der Waals surface area contributed by atoms with Gasteiger partial charge in [0.25, 0.3) is 11.3 Å². The van der Waals surface area contributed by atoms with Crippen molar-refractivity contribution in [1.29, 1.82) is 0 Å². The van der Waals surface area contributed by atoms with Crippen LogP contribution in [-0.4, -0.2) is 35.1 Å². The van der Waals surface area contributed by atoms with E-state index in [0.717, 1.165) is 10.1 Å². The Morgan fingerprint density at radius 3 is 2.29 bits per heavy atom. The maximum atomic E-state index is 13.4. The van der Waals surface area contributed by atoms with E-state index < -0.39 is 5.56 Å².